The number of imidazole rings is 1. The Kier molecular flexibility index (Phi) is 3.12. The van der Waals surface area contributed by atoms with Crippen LogP contribution < -0.4 is 5.46 Å². The van der Waals surface area contributed by atoms with E-state index in [-0.39, 0.29) is 0 Å². The molecule has 2 aromatic rings. The van der Waals surface area contributed by atoms with Crippen LogP contribution in [-0.2, 0) is 7.05 Å². The largest absolute Gasteiger partial charge is 0.331 e. The Labute approximate surface area is 85.7 Å². The van der Waals surface area contributed by atoms with E-state index in [0.717, 1.165) is 22.3 Å². The second-order valence-corrected chi connectivity index (χ2v) is 2.97. The van der Waals surface area contributed by atoms with Gasteiger partial charge in [-0.2, -0.15) is 0 Å². The quantitative estimate of drug-likeness (QED) is 0.447. The first-order chi connectivity index (χ1) is 6.68. The van der Waals surface area contributed by atoms with Gasteiger partial charge in [-0.25, -0.2) is 4.98 Å². The van der Waals surface area contributed by atoms with Crippen LogP contribution in [0.2, 0.25) is 0 Å². The molecule has 0 saturated heterocycles. The van der Waals surface area contributed by atoms with Crippen molar-refractivity contribution in [3.05, 3.63) is 37.2 Å². The number of fused-ring (bicyclic) bond motifs is 1. The van der Waals surface area contributed by atoms with Crippen molar-refractivity contribution in [2.24, 2.45) is 7.05 Å². The minimum absolute atomic E-state index is 0.783. The van der Waals surface area contributed by atoms with E-state index in [0.29, 0.717) is 0 Å². The Morgan fingerprint density at radius 1 is 1.36 bits per heavy atom. The second kappa shape index (κ2) is 4.14. The number of nitrogens with zero attached hydrogens (tertiary/aromatic N) is 2. The number of aryl methyl sites for hydroxylation is 2. The zero-order chi connectivity index (χ0) is 10.7. The van der Waals surface area contributed by atoms with Crippen LogP contribution in [0.1, 0.15) is 5.82 Å². The van der Waals surface area contributed by atoms with Gasteiger partial charge in [0.2, 0.25) is 0 Å². The van der Waals surface area contributed by atoms with E-state index in [1.165, 1.54) is 0 Å². The molecule has 1 aromatic carbocycles. The minimum Gasteiger partial charge on any atom is -0.331 e. The van der Waals surface area contributed by atoms with Gasteiger partial charge in [0.15, 0.2) is 0 Å². The Bertz CT molecular complexity index is 446. The van der Waals surface area contributed by atoms with Crippen molar-refractivity contribution in [1.29, 1.82) is 0 Å². The fourth-order valence-electron chi connectivity index (χ4n) is 1.33. The van der Waals surface area contributed by atoms with Crippen molar-refractivity contribution in [3.63, 3.8) is 0 Å². The van der Waals surface area contributed by atoms with E-state index >= 15 is 0 Å². The summed E-state index contributed by atoms with van der Waals surface area (Å²) in [6.45, 7) is 7.98. The lowest BCUT2D eigenvalue weighted by Gasteiger charge is -1.96. The highest BCUT2D eigenvalue weighted by molar-refractivity contribution is 6.33. The Morgan fingerprint density at radius 2 is 2.00 bits per heavy atom. The van der Waals surface area contributed by atoms with Crippen molar-refractivity contribution in [2.45, 2.75) is 6.92 Å². The fraction of sp³-hybridized carbons (Fsp3) is 0.182. The molecular formula is C11H13BN2. The van der Waals surface area contributed by atoms with Crippen molar-refractivity contribution in [1.82, 2.24) is 9.55 Å². The summed E-state index contributed by atoms with van der Waals surface area (Å²) in [5, 5.41) is 0. The molecule has 2 rings (SSSR count). The predicted molar refractivity (Wildman–Crippen MR) is 62.1 cm³/mol. The van der Waals surface area contributed by atoms with Crippen molar-refractivity contribution in [3.8, 4) is 0 Å². The molecule has 0 fully saturated rings. The first-order valence-corrected chi connectivity index (χ1v) is 4.37. The normalized spacial score (nSPS) is 9.57. The summed E-state index contributed by atoms with van der Waals surface area (Å²) >= 11 is 0. The van der Waals surface area contributed by atoms with Crippen LogP contribution in [0.3, 0.4) is 0 Å². The van der Waals surface area contributed by atoms with Gasteiger partial charge in [-0.1, -0.05) is 11.5 Å². The standard InChI is InChI=1S/C9H9BN2.C2H4/c1-6-11-8-4-3-7(10)5-9(8)12(6)2;1-2/h3-5H,1-2H3;1-2H2. The summed E-state index contributed by atoms with van der Waals surface area (Å²) in [4.78, 5) is 4.36. The maximum Gasteiger partial charge on any atom is 0.113 e. The van der Waals surface area contributed by atoms with Crippen LogP contribution in [0, 0.1) is 6.92 Å². The van der Waals surface area contributed by atoms with Gasteiger partial charge in [-0.3, -0.25) is 0 Å². The molecule has 2 radical (unpaired) electrons. The SMILES string of the molecule is C=C.[B]c1ccc2nc(C)n(C)c2c1. The molecule has 0 spiro atoms. The first kappa shape index (κ1) is 10.6. The van der Waals surface area contributed by atoms with Crippen LogP contribution in [-0.4, -0.2) is 17.4 Å². The third-order valence-corrected chi connectivity index (χ3v) is 2.13. The van der Waals surface area contributed by atoms with E-state index in [4.69, 9.17) is 7.85 Å². The average molecular weight is 184 g/mol. The van der Waals surface area contributed by atoms with E-state index in [1.807, 2.05) is 36.7 Å². The van der Waals surface area contributed by atoms with Gasteiger partial charge in [0.05, 0.1) is 11.0 Å². The molecule has 0 atom stereocenters. The van der Waals surface area contributed by atoms with Crippen LogP contribution in [0.4, 0.5) is 0 Å². The topological polar surface area (TPSA) is 17.8 Å². The molecule has 0 aliphatic heterocycles. The molecule has 0 N–H and O–H groups in total. The molecule has 0 bridgehead atoms. The first-order valence-electron chi connectivity index (χ1n) is 4.37. The van der Waals surface area contributed by atoms with Crippen molar-refractivity contribution < 1.29 is 0 Å². The summed E-state index contributed by atoms with van der Waals surface area (Å²) in [6.07, 6.45) is 0. The lowest BCUT2D eigenvalue weighted by Crippen LogP contribution is -2.01. The van der Waals surface area contributed by atoms with Crippen LogP contribution >= 0.6 is 0 Å². The van der Waals surface area contributed by atoms with Gasteiger partial charge in [-0.15, -0.1) is 13.2 Å². The van der Waals surface area contributed by atoms with Gasteiger partial charge < -0.3 is 4.57 Å². The third-order valence-electron chi connectivity index (χ3n) is 2.13. The minimum atomic E-state index is 0.783. The van der Waals surface area contributed by atoms with Crippen molar-refractivity contribution in [2.75, 3.05) is 0 Å². The number of rotatable bonds is 0. The molecular weight excluding hydrogens is 171 g/mol. The Balaban J connectivity index is 0.000000461. The molecule has 0 amide bonds. The van der Waals surface area contributed by atoms with E-state index in [9.17, 15) is 0 Å². The Morgan fingerprint density at radius 3 is 2.64 bits per heavy atom. The zero-order valence-corrected chi connectivity index (χ0v) is 8.62. The van der Waals surface area contributed by atoms with Crippen LogP contribution in [0.5, 0.6) is 0 Å². The second-order valence-electron chi connectivity index (χ2n) is 2.97. The molecule has 2 nitrogen and oxygen atoms in total. The van der Waals surface area contributed by atoms with E-state index < -0.39 is 0 Å². The fourth-order valence-corrected chi connectivity index (χ4v) is 1.33. The highest BCUT2D eigenvalue weighted by Gasteiger charge is 2.01. The average Bonchev–Trinajstić information content (AvgIpc) is 2.48. The smallest absolute Gasteiger partial charge is 0.113 e. The summed E-state index contributed by atoms with van der Waals surface area (Å²) in [7, 11) is 7.65. The zero-order valence-electron chi connectivity index (χ0n) is 8.62. The molecule has 3 heteroatoms. The van der Waals surface area contributed by atoms with Gasteiger partial charge in [0, 0.05) is 7.05 Å². The van der Waals surface area contributed by atoms with Gasteiger partial charge in [-0.05, 0) is 19.1 Å². The highest BCUT2D eigenvalue weighted by Crippen LogP contribution is 2.11. The van der Waals surface area contributed by atoms with E-state index in [1.54, 1.807) is 0 Å². The summed E-state index contributed by atoms with van der Waals surface area (Å²) in [5.74, 6) is 1.01. The monoisotopic (exact) mass is 184 g/mol. The third kappa shape index (κ3) is 1.71. The van der Waals surface area contributed by atoms with Crippen LogP contribution in [0.15, 0.2) is 31.4 Å². The molecule has 0 aliphatic rings. The molecule has 1 aromatic heterocycles. The molecule has 0 unspecified atom stereocenters. The molecule has 0 aliphatic carbocycles. The lowest BCUT2D eigenvalue weighted by molar-refractivity contribution is 0.886. The van der Waals surface area contributed by atoms with Gasteiger partial charge in [0.25, 0.3) is 0 Å². The van der Waals surface area contributed by atoms with Crippen molar-refractivity contribution >= 4 is 24.3 Å². The maximum atomic E-state index is 5.66. The lowest BCUT2D eigenvalue weighted by atomic mass is 9.96. The van der Waals surface area contributed by atoms with Gasteiger partial charge >= 0.3 is 0 Å². The van der Waals surface area contributed by atoms with Gasteiger partial charge in [0.1, 0.15) is 13.7 Å². The number of hydrogen-bond donors (Lipinski definition) is 0. The molecule has 70 valence electrons. The predicted octanol–water partition coefficient (Wildman–Crippen LogP) is 1.48. The summed E-state index contributed by atoms with van der Waals surface area (Å²) < 4.78 is 2.03. The number of benzene rings is 1. The van der Waals surface area contributed by atoms with E-state index in [2.05, 4.69) is 18.1 Å². The Hall–Kier alpha value is -1.51. The maximum absolute atomic E-state index is 5.66. The summed E-state index contributed by atoms with van der Waals surface area (Å²) in [5.41, 5.74) is 2.88. The summed E-state index contributed by atoms with van der Waals surface area (Å²) in [6, 6.07) is 5.75. The highest BCUT2D eigenvalue weighted by atomic mass is 15.0. The number of hydrogen-bond acceptors (Lipinski definition) is 1. The molecule has 0 saturated carbocycles. The number of aromatic nitrogens is 2. The van der Waals surface area contributed by atoms with Crippen LogP contribution in [0.25, 0.3) is 11.0 Å². The molecule has 1 heterocycles. The molecule has 14 heavy (non-hydrogen) atoms.